The zero-order chi connectivity index (χ0) is 24.2. The molecule has 33 heavy (non-hydrogen) atoms. The average Bonchev–Trinajstić information content (AvgIpc) is 3.12. The van der Waals surface area contributed by atoms with E-state index in [9.17, 15) is 22.0 Å². The fourth-order valence-corrected chi connectivity index (χ4v) is 4.78. The molecule has 0 heterocycles. The van der Waals surface area contributed by atoms with Crippen molar-refractivity contribution in [3.05, 3.63) is 63.7 Å². The van der Waals surface area contributed by atoms with E-state index in [2.05, 4.69) is 15.4 Å². The molecule has 0 saturated carbocycles. The highest BCUT2D eigenvalue weighted by molar-refractivity contribution is 7.92. The van der Waals surface area contributed by atoms with Gasteiger partial charge in [0.25, 0.3) is 0 Å². The lowest BCUT2D eigenvalue weighted by molar-refractivity contribution is -0.121. The maximum Gasteiger partial charge on any atom is 0.229 e. The van der Waals surface area contributed by atoms with Gasteiger partial charge in [-0.1, -0.05) is 17.7 Å². The molecule has 2 atom stereocenters. The van der Waals surface area contributed by atoms with Crippen LogP contribution in [0.3, 0.4) is 0 Å². The fraction of sp³-hybridized carbons (Fsp3) is 0.409. The zero-order valence-corrected chi connectivity index (χ0v) is 19.7. The van der Waals surface area contributed by atoms with Crippen molar-refractivity contribution in [3.63, 3.8) is 0 Å². The molecule has 5 N–H and O–H groups in total. The third kappa shape index (κ3) is 7.10. The molecule has 0 aliphatic heterocycles. The lowest BCUT2D eigenvalue weighted by Gasteiger charge is -2.20. The zero-order valence-electron chi connectivity index (χ0n) is 18.1. The number of amides is 1. The van der Waals surface area contributed by atoms with Crippen LogP contribution in [0.2, 0.25) is 5.02 Å². The summed E-state index contributed by atoms with van der Waals surface area (Å²) in [6.07, 6.45) is 2.40. The number of aryl methyl sites for hydroxylation is 1. The lowest BCUT2D eigenvalue weighted by atomic mass is 9.91. The summed E-state index contributed by atoms with van der Waals surface area (Å²) < 4.78 is 52.2. The van der Waals surface area contributed by atoms with Crippen molar-refractivity contribution in [2.45, 2.75) is 37.8 Å². The highest BCUT2D eigenvalue weighted by Gasteiger charge is 2.30. The van der Waals surface area contributed by atoms with E-state index in [4.69, 9.17) is 17.3 Å². The van der Waals surface area contributed by atoms with Gasteiger partial charge in [-0.2, -0.15) is 0 Å². The van der Waals surface area contributed by atoms with E-state index in [-0.39, 0.29) is 18.2 Å². The average molecular weight is 501 g/mol. The number of sulfonamides is 1. The molecule has 1 aliphatic rings. The van der Waals surface area contributed by atoms with Crippen LogP contribution in [-0.4, -0.2) is 39.7 Å². The Morgan fingerprint density at radius 2 is 1.94 bits per heavy atom. The normalized spacial score (nSPS) is 16.3. The Bertz CT molecular complexity index is 1130. The number of hydrogen-bond acceptors (Lipinski definition) is 5. The number of fused-ring (bicyclic) bond motifs is 1. The summed E-state index contributed by atoms with van der Waals surface area (Å²) in [5, 5.41) is 6.24. The lowest BCUT2D eigenvalue weighted by Crippen LogP contribution is -2.37. The molecule has 11 heteroatoms. The Balaban J connectivity index is 1.41. The molecular formula is C22H27ClF2N4O3S. The number of hydrogen-bond donors (Lipinski definition) is 4. The Morgan fingerprint density at radius 3 is 2.67 bits per heavy atom. The second kappa shape index (κ2) is 10.8. The van der Waals surface area contributed by atoms with Crippen LogP contribution in [0.25, 0.3) is 0 Å². The van der Waals surface area contributed by atoms with Crippen LogP contribution in [0.1, 0.15) is 35.4 Å². The van der Waals surface area contributed by atoms with Gasteiger partial charge >= 0.3 is 0 Å². The number of anilines is 1. The van der Waals surface area contributed by atoms with Gasteiger partial charge < -0.3 is 16.4 Å². The Morgan fingerprint density at radius 1 is 1.21 bits per heavy atom. The van der Waals surface area contributed by atoms with Crippen molar-refractivity contribution in [1.29, 1.82) is 0 Å². The molecule has 0 radical (unpaired) electrons. The Labute approximate surface area is 197 Å². The monoisotopic (exact) mass is 500 g/mol. The van der Waals surface area contributed by atoms with Crippen LogP contribution >= 0.6 is 11.6 Å². The molecule has 180 valence electrons. The van der Waals surface area contributed by atoms with Gasteiger partial charge in [-0.05, 0) is 53.8 Å². The SMILES string of the molecule is CS(=O)(=O)Nc1cc(CNCCNC(=O)CC(N)C2CCc3cc(F)c(F)cc32)ccc1Cl. The van der Waals surface area contributed by atoms with Gasteiger partial charge in [-0.3, -0.25) is 9.52 Å². The minimum atomic E-state index is -3.44. The van der Waals surface area contributed by atoms with E-state index in [1.165, 1.54) is 12.1 Å². The van der Waals surface area contributed by atoms with Gasteiger partial charge in [0.1, 0.15) is 0 Å². The summed E-state index contributed by atoms with van der Waals surface area (Å²) in [5.74, 6) is -2.16. The molecule has 1 aliphatic carbocycles. The van der Waals surface area contributed by atoms with Crippen LogP contribution < -0.4 is 21.1 Å². The van der Waals surface area contributed by atoms with Crippen LogP contribution in [0.15, 0.2) is 30.3 Å². The molecule has 2 aromatic rings. The van der Waals surface area contributed by atoms with Gasteiger partial charge in [0, 0.05) is 38.0 Å². The van der Waals surface area contributed by atoms with Gasteiger partial charge in [-0.25, -0.2) is 17.2 Å². The summed E-state index contributed by atoms with van der Waals surface area (Å²) in [7, 11) is -3.44. The molecular weight excluding hydrogens is 474 g/mol. The van der Waals surface area contributed by atoms with Crippen molar-refractivity contribution >= 4 is 33.2 Å². The minimum absolute atomic E-state index is 0.0841. The van der Waals surface area contributed by atoms with Crippen molar-refractivity contribution in [2.24, 2.45) is 5.73 Å². The van der Waals surface area contributed by atoms with E-state index < -0.39 is 27.7 Å². The number of halogens is 3. The predicted octanol–water partition coefficient (Wildman–Crippen LogP) is 2.64. The summed E-state index contributed by atoms with van der Waals surface area (Å²) in [5.41, 5.74) is 8.76. The number of carbonyl (C=O) groups is 1. The number of carbonyl (C=O) groups excluding carboxylic acids is 1. The van der Waals surface area contributed by atoms with Crippen molar-refractivity contribution in [3.8, 4) is 0 Å². The van der Waals surface area contributed by atoms with Gasteiger partial charge in [0.15, 0.2) is 11.6 Å². The van der Waals surface area contributed by atoms with Crippen LogP contribution in [-0.2, 0) is 27.8 Å². The standard InChI is InChI=1S/C22H27ClF2N4O3S/c1-33(31,32)29-21-8-13(2-5-17(21)23)12-27-6-7-28-22(30)11-20(26)15-4-3-14-9-18(24)19(25)10-16(14)15/h2,5,8-10,15,20,27,29H,3-4,6-7,11-12,26H2,1H3,(H,28,30). The smallest absolute Gasteiger partial charge is 0.229 e. The fourth-order valence-electron chi connectivity index (χ4n) is 3.99. The molecule has 2 unspecified atom stereocenters. The van der Waals surface area contributed by atoms with Gasteiger partial charge in [-0.15, -0.1) is 0 Å². The van der Waals surface area contributed by atoms with E-state index in [0.29, 0.717) is 48.7 Å². The van der Waals surface area contributed by atoms with Crippen molar-refractivity contribution in [1.82, 2.24) is 10.6 Å². The summed E-state index contributed by atoms with van der Waals surface area (Å²) in [4.78, 5) is 12.3. The predicted molar refractivity (Wildman–Crippen MR) is 125 cm³/mol. The number of benzene rings is 2. The van der Waals surface area contributed by atoms with Crippen molar-refractivity contribution < 1.29 is 22.0 Å². The first-order chi connectivity index (χ1) is 15.5. The molecule has 1 amide bonds. The first-order valence-corrected chi connectivity index (χ1v) is 12.8. The Hall–Kier alpha value is -2.27. The van der Waals surface area contributed by atoms with Crippen LogP contribution in [0.5, 0.6) is 0 Å². The largest absolute Gasteiger partial charge is 0.355 e. The third-order valence-corrected chi connectivity index (χ3v) is 6.44. The number of nitrogens with one attached hydrogen (secondary N) is 3. The maximum atomic E-state index is 13.6. The first kappa shape index (κ1) is 25.4. The highest BCUT2D eigenvalue weighted by Crippen LogP contribution is 2.36. The molecule has 7 nitrogen and oxygen atoms in total. The summed E-state index contributed by atoms with van der Waals surface area (Å²) >= 11 is 6.01. The summed E-state index contributed by atoms with van der Waals surface area (Å²) in [6, 6.07) is 6.94. The van der Waals surface area contributed by atoms with Crippen molar-refractivity contribution in [2.75, 3.05) is 24.1 Å². The minimum Gasteiger partial charge on any atom is -0.355 e. The highest BCUT2D eigenvalue weighted by atomic mass is 35.5. The van der Waals surface area contributed by atoms with E-state index in [1.54, 1.807) is 18.2 Å². The molecule has 0 saturated heterocycles. The second-order valence-electron chi connectivity index (χ2n) is 8.19. The molecule has 3 rings (SSSR count). The topological polar surface area (TPSA) is 113 Å². The van der Waals surface area contributed by atoms with Gasteiger partial charge in [0.05, 0.1) is 17.0 Å². The van der Waals surface area contributed by atoms with Crippen LogP contribution in [0, 0.1) is 11.6 Å². The quantitative estimate of drug-likeness (QED) is 0.375. The van der Waals surface area contributed by atoms with E-state index in [1.807, 2.05) is 0 Å². The second-order valence-corrected chi connectivity index (χ2v) is 10.3. The third-order valence-electron chi connectivity index (χ3n) is 5.52. The molecule has 0 fully saturated rings. The number of rotatable bonds is 10. The number of nitrogens with two attached hydrogens (primary N) is 1. The summed E-state index contributed by atoms with van der Waals surface area (Å²) in [6.45, 7) is 1.30. The molecule has 0 bridgehead atoms. The molecule has 2 aromatic carbocycles. The van der Waals surface area contributed by atoms with Crippen LogP contribution in [0.4, 0.5) is 14.5 Å². The maximum absolute atomic E-state index is 13.6. The Kier molecular flexibility index (Phi) is 8.28. The van der Waals surface area contributed by atoms with E-state index in [0.717, 1.165) is 17.4 Å². The van der Waals surface area contributed by atoms with Gasteiger partial charge in [0.2, 0.25) is 15.9 Å². The van der Waals surface area contributed by atoms with E-state index >= 15 is 0 Å². The first-order valence-electron chi connectivity index (χ1n) is 10.5. The molecule has 0 spiro atoms. The molecule has 0 aromatic heterocycles.